The minimum absolute atomic E-state index is 0.118. The molecule has 0 bridgehead atoms. The molecule has 3 aromatic heterocycles. The minimum Gasteiger partial charge on any atom is -0.472 e. The van der Waals surface area contributed by atoms with E-state index in [4.69, 9.17) is 6.15 Å². The predicted molar refractivity (Wildman–Crippen MR) is 75.3 cm³/mol. The van der Waals surface area contributed by atoms with Crippen LogP contribution in [0.2, 0.25) is 1.41 Å². The third-order valence-corrected chi connectivity index (χ3v) is 3.58. The lowest BCUT2D eigenvalue weighted by Crippen LogP contribution is -2.23. The van der Waals surface area contributed by atoms with Gasteiger partial charge in [-0.05, 0) is 22.0 Å². The molecule has 1 N–H and O–H groups in total. The normalized spacial score (nSPS) is 11.4. The molecule has 0 radical (unpaired) electrons. The van der Waals surface area contributed by atoms with Gasteiger partial charge in [-0.3, -0.25) is 5.09 Å². The average molecular weight is 307 g/mol. The van der Waals surface area contributed by atoms with E-state index in [9.17, 15) is 4.79 Å². The molecule has 108 valence electrons. The molecule has 0 amide bonds. The van der Waals surface area contributed by atoms with Crippen molar-refractivity contribution in [3.05, 3.63) is 39.8 Å². The van der Waals surface area contributed by atoms with Crippen molar-refractivity contribution in [2.24, 2.45) is 7.05 Å². The number of ether oxygens (including phenoxy) is 1. The van der Waals surface area contributed by atoms with E-state index in [0.717, 1.165) is 19.3 Å². The van der Waals surface area contributed by atoms with Gasteiger partial charge in [0, 0.05) is 19.3 Å². The van der Waals surface area contributed by atoms with Crippen molar-refractivity contribution in [2.45, 2.75) is 6.61 Å². The highest BCUT2D eigenvalue weighted by molar-refractivity contribution is 7.07. The van der Waals surface area contributed by atoms with Gasteiger partial charge in [0.25, 0.3) is 0 Å². The predicted octanol–water partition coefficient (Wildman–Crippen LogP) is 0.368. The standard InChI is InChI=1S/C11H11N7O2S/c1-3-8-7(6-20-9-4-5-12-13-9)10(14-21-8)18-11(19)17(2)15-16-18/h3-5H,1,6H2,2H3,(H,12,13)/i/hT. The maximum absolute atomic E-state index is 12.0. The van der Waals surface area contributed by atoms with Crippen LogP contribution in [0.1, 0.15) is 10.4 Å². The number of rotatable bonds is 5. The third kappa shape index (κ3) is 2.36. The van der Waals surface area contributed by atoms with E-state index in [1.54, 1.807) is 12.1 Å². The molecule has 9 nitrogen and oxygen atoms in total. The van der Waals surface area contributed by atoms with Gasteiger partial charge in [0.05, 0.1) is 10.4 Å². The van der Waals surface area contributed by atoms with Gasteiger partial charge in [-0.2, -0.15) is 9.06 Å². The van der Waals surface area contributed by atoms with Gasteiger partial charge in [-0.15, -0.1) is 9.78 Å². The van der Waals surface area contributed by atoms with Crippen molar-refractivity contribution < 1.29 is 6.15 Å². The number of aromatic nitrogens is 7. The summed E-state index contributed by atoms with van der Waals surface area (Å²) >= 11 is 1.18. The third-order valence-electron chi connectivity index (χ3n) is 2.71. The molecule has 3 aromatic rings. The van der Waals surface area contributed by atoms with Gasteiger partial charge < -0.3 is 4.74 Å². The van der Waals surface area contributed by atoms with Crippen LogP contribution in [-0.4, -0.2) is 34.4 Å². The molecule has 10 heteroatoms. The summed E-state index contributed by atoms with van der Waals surface area (Å²) < 4.78 is 19.2. The Morgan fingerprint density at radius 3 is 3.10 bits per heavy atom. The second kappa shape index (κ2) is 5.32. The van der Waals surface area contributed by atoms with Gasteiger partial charge in [-0.25, -0.2) is 4.79 Å². The van der Waals surface area contributed by atoms with Crippen LogP contribution in [0.15, 0.2) is 23.6 Å². The molecule has 0 aliphatic rings. The molecule has 3 rings (SSSR count). The van der Waals surface area contributed by atoms with E-state index in [-0.39, 0.29) is 6.61 Å². The van der Waals surface area contributed by atoms with Crippen LogP contribution in [0.4, 0.5) is 0 Å². The van der Waals surface area contributed by atoms with Crippen LogP contribution >= 0.6 is 11.5 Å². The lowest BCUT2D eigenvalue weighted by atomic mass is 10.2. The molecular formula is C11H11N7O2S. The van der Waals surface area contributed by atoms with Gasteiger partial charge in [0.1, 0.15) is 6.61 Å². The SMILES string of the molecule is [3H]n1ccc(OCc2c(-n3nnn(C)c3=O)nsc2C=C)n1. The highest BCUT2D eigenvalue weighted by Crippen LogP contribution is 2.23. The number of aromatic amines is 1. The molecule has 0 aromatic carbocycles. The summed E-state index contributed by atoms with van der Waals surface area (Å²) in [6, 6.07) is 1.56. The first kappa shape index (κ1) is 12.0. The summed E-state index contributed by atoms with van der Waals surface area (Å²) in [5, 5.41) is 12.1. The molecule has 0 aliphatic carbocycles. The first-order valence-corrected chi connectivity index (χ1v) is 6.65. The Balaban J connectivity index is 1.95. The van der Waals surface area contributed by atoms with Crippen molar-refractivity contribution in [2.75, 3.05) is 0 Å². The van der Waals surface area contributed by atoms with E-state index in [0.29, 0.717) is 17.3 Å². The van der Waals surface area contributed by atoms with Crippen molar-refractivity contribution in [3.8, 4) is 11.7 Å². The molecular weight excluding hydrogens is 294 g/mol. The summed E-state index contributed by atoms with van der Waals surface area (Å²) in [5.74, 6) is 0.650. The van der Waals surface area contributed by atoms with Crippen LogP contribution in [0.3, 0.4) is 0 Å². The van der Waals surface area contributed by atoms with E-state index < -0.39 is 5.69 Å². The molecule has 3 heterocycles. The van der Waals surface area contributed by atoms with Crippen LogP contribution in [0.25, 0.3) is 11.9 Å². The Labute approximate surface area is 124 Å². The number of aryl methyl sites for hydroxylation is 1. The Morgan fingerprint density at radius 1 is 1.62 bits per heavy atom. The molecule has 0 saturated carbocycles. The Bertz CT molecular complexity index is 877. The number of nitrogens with zero attached hydrogens (tertiary/aromatic N) is 6. The second-order valence-electron chi connectivity index (χ2n) is 4.01. The van der Waals surface area contributed by atoms with Gasteiger partial charge in [0.2, 0.25) is 5.88 Å². The fourth-order valence-electron chi connectivity index (χ4n) is 1.67. The lowest BCUT2D eigenvalue weighted by Gasteiger charge is -2.04. The molecule has 0 fully saturated rings. The minimum atomic E-state index is -0.405. The van der Waals surface area contributed by atoms with Crippen LogP contribution < -0.4 is 10.4 Å². The first-order chi connectivity index (χ1) is 10.6. The van der Waals surface area contributed by atoms with Crippen molar-refractivity contribution in [1.82, 2.24) is 34.4 Å². The molecule has 0 aliphatic heterocycles. The lowest BCUT2D eigenvalue weighted by molar-refractivity contribution is 0.293. The smallest absolute Gasteiger partial charge is 0.369 e. The fraction of sp³-hybridized carbons (Fsp3) is 0.182. The Hall–Kier alpha value is -2.75. The van der Waals surface area contributed by atoms with Crippen molar-refractivity contribution in [3.63, 3.8) is 0 Å². The number of hydrogen-bond donors (Lipinski definition) is 1. The Morgan fingerprint density at radius 2 is 2.48 bits per heavy atom. The van der Waals surface area contributed by atoms with Gasteiger partial charge in [0.15, 0.2) is 7.23 Å². The van der Waals surface area contributed by atoms with Crippen LogP contribution in [0.5, 0.6) is 5.88 Å². The molecule has 0 atom stereocenters. The maximum atomic E-state index is 12.0. The summed E-state index contributed by atoms with van der Waals surface area (Å²) in [6.45, 7) is 3.84. The second-order valence-corrected chi connectivity index (χ2v) is 4.81. The van der Waals surface area contributed by atoms with Crippen LogP contribution in [-0.2, 0) is 13.7 Å². The molecule has 0 saturated heterocycles. The highest BCUT2D eigenvalue weighted by atomic mass is 32.1. The summed E-state index contributed by atoms with van der Waals surface area (Å²) in [4.78, 5) is 12.7. The average Bonchev–Trinajstić information content (AvgIpc) is 3.18. The number of hydrogen-bond acceptors (Lipinski definition) is 7. The molecule has 0 unspecified atom stereocenters. The monoisotopic (exact) mass is 307 g/mol. The fourth-order valence-corrected chi connectivity index (χ4v) is 2.37. The zero-order valence-corrected chi connectivity index (χ0v) is 11.8. The zero-order valence-electron chi connectivity index (χ0n) is 12.0. The summed E-state index contributed by atoms with van der Waals surface area (Å²) in [7, 11) is 1.50. The maximum Gasteiger partial charge on any atom is 0.369 e. The Kier molecular flexibility index (Phi) is 3.05. The first-order valence-electron chi connectivity index (χ1n) is 6.33. The van der Waals surface area contributed by atoms with Crippen molar-refractivity contribution in [1.29, 1.82) is 0 Å². The number of H-pyrrole nitrogens is 1. The summed E-state index contributed by atoms with van der Waals surface area (Å²) in [5.41, 5.74) is 0.250. The zero-order chi connectivity index (χ0) is 15.7. The quantitative estimate of drug-likeness (QED) is 0.730. The van der Waals surface area contributed by atoms with Crippen molar-refractivity contribution >= 4 is 17.6 Å². The topological polar surface area (TPSA) is 104 Å². The van der Waals surface area contributed by atoms with Gasteiger partial charge in [-0.1, -0.05) is 12.7 Å². The van der Waals surface area contributed by atoms with E-state index in [1.165, 1.54) is 24.8 Å². The highest BCUT2D eigenvalue weighted by Gasteiger charge is 2.18. The molecule has 0 spiro atoms. The van der Waals surface area contributed by atoms with E-state index in [1.807, 2.05) is 0 Å². The molecule has 21 heavy (non-hydrogen) atoms. The van der Waals surface area contributed by atoms with E-state index in [2.05, 4.69) is 26.5 Å². The van der Waals surface area contributed by atoms with E-state index >= 15 is 0 Å². The number of nitrogens with one attached hydrogen (secondary N) is 1. The van der Waals surface area contributed by atoms with Crippen LogP contribution in [0, 0.1) is 0 Å². The number of tetrazole rings is 1. The largest absolute Gasteiger partial charge is 0.472 e. The van der Waals surface area contributed by atoms with Gasteiger partial charge >= 0.3 is 5.69 Å². The summed E-state index contributed by atoms with van der Waals surface area (Å²) in [6.07, 6.45) is 3.08.